The Kier molecular flexibility index (Phi) is 4.22. The molecule has 0 spiro atoms. The minimum Gasteiger partial charge on any atom is -0.481 e. The van der Waals surface area contributed by atoms with E-state index in [0.29, 0.717) is 5.92 Å². The van der Waals surface area contributed by atoms with Gasteiger partial charge in [0.15, 0.2) is 0 Å². The maximum absolute atomic E-state index is 10.2. The van der Waals surface area contributed by atoms with Crippen molar-refractivity contribution in [1.82, 2.24) is 0 Å². The van der Waals surface area contributed by atoms with Crippen molar-refractivity contribution in [3.8, 4) is 0 Å². The van der Waals surface area contributed by atoms with Gasteiger partial charge in [0, 0.05) is 0 Å². The van der Waals surface area contributed by atoms with Crippen LogP contribution in [0, 0.1) is 5.92 Å². The molecule has 0 saturated carbocycles. The molecule has 1 heterocycles. The van der Waals surface area contributed by atoms with Gasteiger partial charge in [-0.25, -0.2) is 0 Å². The fourth-order valence-electron chi connectivity index (χ4n) is 1.27. The lowest BCUT2D eigenvalue weighted by Gasteiger charge is -2.17. The van der Waals surface area contributed by atoms with Crippen LogP contribution in [0.25, 0.3) is 0 Å². The fraction of sp³-hybridized carbons (Fsp3) is 0.667. The molecule has 0 aliphatic carbocycles. The molecule has 0 aromatic heterocycles. The third-order valence-electron chi connectivity index (χ3n) is 1.97. The Morgan fingerprint density at radius 3 is 2.75 bits per heavy atom. The first-order chi connectivity index (χ1) is 5.79. The number of rotatable bonds is 3. The highest BCUT2D eigenvalue weighted by atomic mass is 32.2. The van der Waals surface area contributed by atoms with Crippen molar-refractivity contribution in [3.63, 3.8) is 0 Å². The van der Waals surface area contributed by atoms with Crippen LogP contribution in [-0.2, 0) is 4.79 Å². The van der Waals surface area contributed by atoms with Crippen molar-refractivity contribution in [2.75, 3.05) is 11.5 Å². The van der Waals surface area contributed by atoms with E-state index in [2.05, 4.69) is 6.08 Å². The summed E-state index contributed by atoms with van der Waals surface area (Å²) in [6, 6.07) is 0. The molecule has 1 rings (SSSR count). The van der Waals surface area contributed by atoms with E-state index in [1.807, 2.05) is 11.8 Å². The van der Waals surface area contributed by atoms with Crippen LogP contribution in [0.4, 0.5) is 0 Å². The molecule has 2 nitrogen and oxygen atoms in total. The Hall–Kier alpha value is -0.440. The maximum Gasteiger partial charge on any atom is 0.307 e. The lowest BCUT2D eigenvalue weighted by molar-refractivity contribution is -0.136. The molecule has 3 heteroatoms. The maximum atomic E-state index is 10.2. The Balaban J connectivity index is 2.19. The molecule has 1 saturated heterocycles. The Morgan fingerprint density at radius 1 is 1.50 bits per heavy atom. The molecule has 12 heavy (non-hydrogen) atoms. The topological polar surface area (TPSA) is 37.3 Å². The third kappa shape index (κ3) is 3.81. The lowest BCUT2D eigenvalue weighted by atomic mass is 10.0. The monoisotopic (exact) mass is 186 g/mol. The van der Waals surface area contributed by atoms with Gasteiger partial charge < -0.3 is 5.11 Å². The van der Waals surface area contributed by atoms with Crippen molar-refractivity contribution < 1.29 is 9.90 Å². The van der Waals surface area contributed by atoms with Gasteiger partial charge in [0.2, 0.25) is 0 Å². The summed E-state index contributed by atoms with van der Waals surface area (Å²) in [5.41, 5.74) is 0. The number of allylic oxidation sites excluding steroid dienone is 1. The molecular formula is C9H14O2S. The summed E-state index contributed by atoms with van der Waals surface area (Å²) >= 11 is 1.99. The summed E-state index contributed by atoms with van der Waals surface area (Å²) < 4.78 is 0. The average Bonchev–Trinajstić information content (AvgIpc) is 2.05. The van der Waals surface area contributed by atoms with Crippen molar-refractivity contribution in [2.24, 2.45) is 5.92 Å². The van der Waals surface area contributed by atoms with E-state index in [1.165, 1.54) is 24.3 Å². The average molecular weight is 186 g/mol. The van der Waals surface area contributed by atoms with E-state index in [-0.39, 0.29) is 6.42 Å². The predicted molar refractivity (Wildman–Crippen MR) is 51.4 cm³/mol. The number of hydrogen-bond donors (Lipinski definition) is 1. The largest absolute Gasteiger partial charge is 0.481 e. The van der Waals surface area contributed by atoms with Crippen LogP contribution in [0.15, 0.2) is 12.2 Å². The summed E-state index contributed by atoms with van der Waals surface area (Å²) in [5, 5.41) is 8.39. The number of aliphatic carboxylic acids is 1. The van der Waals surface area contributed by atoms with Crippen LogP contribution in [0.2, 0.25) is 0 Å². The van der Waals surface area contributed by atoms with Crippen LogP contribution in [0.5, 0.6) is 0 Å². The van der Waals surface area contributed by atoms with Crippen LogP contribution < -0.4 is 0 Å². The van der Waals surface area contributed by atoms with Gasteiger partial charge >= 0.3 is 5.97 Å². The molecule has 0 amide bonds. The van der Waals surface area contributed by atoms with Crippen molar-refractivity contribution in [3.05, 3.63) is 12.2 Å². The number of hydrogen-bond acceptors (Lipinski definition) is 2. The second kappa shape index (κ2) is 5.25. The molecule has 1 aliphatic rings. The second-order valence-electron chi connectivity index (χ2n) is 2.98. The predicted octanol–water partition coefficient (Wildman–Crippen LogP) is 2.16. The van der Waals surface area contributed by atoms with Crippen LogP contribution >= 0.6 is 11.8 Å². The standard InChI is InChI=1S/C9H14O2S/c10-9(11)3-1-2-8-4-6-12-7-5-8/h1-2,8H,3-7H2,(H,10,11)/b2-1-. The summed E-state index contributed by atoms with van der Waals surface area (Å²) in [5.74, 6) is 2.34. The summed E-state index contributed by atoms with van der Waals surface area (Å²) in [6.45, 7) is 0. The van der Waals surface area contributed by atoms with Crippen molar-refractivity contribution >= 4 is 17.7 Å². The summed E-state index contributed by atoms with van der Waals surface area (Å²) in [7, 11) is 0. The minimum absolute atomic E-state index is 0.170. The van der Waals surface area contributed by atoms with Gasteiger partial charge in [-0.2, -0.15) is 11.8 Å². The van der Waals surface area contributed by atoms with Gasteiger partial charge in [-0.05, 0) is 30.3 Å². The quantitative estimate of drug-likeness (QED) is 0.686. The fourth-order valence-corrected chi connectivity index (χ4v) is 2.41. The number of carboxylic acid groups (broad SMARTS) is 1. The van der Waals surface area contributed by atoms with Crippen LogP contribution in [-0.4, -0.2) is 22.6 Å². The Morgan fingerprint density at radius 2 is 2.17 bits per heavy atom. The highest BCUT2D eigenvalue weighted by Crippen LogP contribution is 2.23. The first-order valence-corrected chi connectivity index (χ1v) is 5.40. The number of carbonyl (C=O) groups is 1. The zero-order chi connectivity index (χ0) is 8.81. The summed E-state index contributed by atoms with van der Waals surface area (Å²) in [6.07, 6.45) is 6.43. The Bertz CT molecular complexity index is 171. The molecule has 68 valence electrons. The molecule has 0 aromatic rings. The summed E-state index contributed by atoms with van der Waals surface area (Å²) in [4.78, 5) is 10.2. The zero-order valence-electron chi connectivity index (χ0n) is 7.03. The molecule has 0 bridgehead atoms. The molecule has 1 fully saturated rings. The van der Waals surface area contributed by atoms with E-state index in [4.69, 9.17) is 5.11 Å². The van der Waals surface area contributed by atoms with Gasteiger partial charge in [-0.1, -0.05) is 12.2 Å². The first-order valence-electron chi connectivity index (χ1n) is 4.25. The first kappa shape index (κ1) is 9.65. The Labute approximate surface area is 77.0 Å². The normalized spacial score (nSPS) is 20.0. The SMILES string of the molecule is O=C(O)C/C=C\C1CCSCC1. The van der Waals surface area contributed by atoms with Gasteiger partial charge in [-0.3, -0.25) is 4.79 Å². The molecule has 0 aromatic carbocycles. The number of carboxylic acids is 1. The van der Waals surface area contributed by atoms with E-state index in [9.17, 15) is 4.79 Å². The zero-order valence-corrected chi connectivity index (χ0v) is 7.85. The van der Waals surface area contributed by atoms with Crippen molar-refractivity contribution in [1.29, 1.82) is 0 Å². The molecule has 1 N–H and O–H groups in total. The van der Waals surface area contributed by atoms with Gasteiger partial charge in [0.1, 0.15) is 0 Å². The lowest BCUT2D eigenvalue weighted by Crippen LogP contribution is -2.06. The van der Waals surface area contributed by atoms with Crippen molar-refractivity contribution in [2.45, 2.75) is 19.3 Å². The highest BCUT2D eigenvalue weighted by molar-refractivity contribution is 7.99. The van der Waals surface area contributed by atoms with E-state index >= 15 is 0 Å². The molecule has 0 unspecified atom stereocenters. The van der Waals surface area contributed by atoms with Gasteiger partial charge in [0.05, 0.1) is 6.42 Å². The van der Waals surface area contributed by atoms with Crippen LogP contribution in [0.3, 0.4) is 0 Å². The number of thioether (sulfide) groups is 1. The second-order valence-corrected chi connectivity index (χ2v) is 4.20. The third-order valence-corrected chi connectivity index (χ3v) is 3.02. The van der Waals surface area contributed by atoms with E-state index < -0.39 is 5.97 Å². The molecule has 0 atom stereocenters. The van der Waals surface area contributed by atoms with E-state index in [0.717, 1.165) is 0 Å². The highest BCUT2D eigenvalue weighted by Gasteiger charge is 2.09. The van der Waals surface area contributed by atoms with E-state index in [1.54, 1.807) is 6.08 Å². The minimum atomic E-state index is -0.739. The molecule has 1 aliphatic heterocycles. The smallest absolute Gasteiger partial charge is 0.307 e. The molecule has 0 radical (unpaired) electrons. The van der Waals surface area contributed by atoms with Gasteiger partial charge in [-0.15, -0.1) is 0 Å². The molecular weight excluding hydrogens is 172 g/mol. The van der Waals surface area contributed by atoms with Crippen LogP contribution in [0.1, 0.15) is 19.3 Å². The van der Waals surface area contributed by atoms with Gasteiger partial charge in [0.25, 0.3) is 0 Å².